The van der Waals surface area contributed by atoms with Crippen LogP contribution in [0.2, 0.25) is 0 Å². The number of carbonyl (C=O) groups excluding carboxylic acids is 1. The maximum atomic E-state index is 13.4. The number of amides is 1. The van der Waals surface area contributed by atoms with E-state index < -0.39 is 0 Å². The van der Waals surface area contributed by atoms with Crippen molar-refractivity contribution < 1.29 is 9.53 Å². The molecule has 1 saturated carbocycles. The molecule has 2 N–H and O–H groups in total. The van der Waals surface area contributed by atoms with Crippen LogP contribution in [0.5, 0.6) is 0 Å². The average molecular weight is 418 g/mol. The van der Waals surface area contributed by atoms with Gasteiger partial charge >= 0.3 is 0 Å². The molecule has 4 heterocycles. The lowest BCUT2D eigenvalue weighted by atomic mass is 10.0. The van der Waals surface area contributed by atoms with Crippen molar-refractivity contribution in [2.75, 3.05) is 5.73 Å². The van der Waals surface area contributed by atoms with Gasteiger partial charge in [-0.15, -0.1) is 0 Å². The van der Waals surface area contributed by atoms with E-state index in [1.807, 2.05) is 39.1 Å². The van der Waals surface area contributed by atoms with E-state index in [4.69, 9.17) is 10.5 Å². The maximum Gasteiger partial charge on any atom is 0.273 e. The first-order valence-corrected chi connectivity index (χ1v) is 10.9. The van der Waals surface area contributed by atoms with Crippen molar-refractivity contribution in [2.24, 2.45) is 0 Å². The van der Waals surface area contributed by atoms with Gasteiger partial charge in [-0.3, -0.25) is 9.78 Å². The first-order chi connectivity index (χ1) is 14.9. The number of rotatable bonds is 5. The summed E-state index contributed by atoms with van der Waals surface area (Å²) in [6, 6.07) is 6.00. The van der Waals surface area contributed by atoms with Crippen LogP contribution < -0.4 is 5.73 Å². The Kier molecular flexibility index (Phi) is 4.85. The van der Waals surface area contributed by atoms with Crippen molar-refractivity contribution in [3.8, 4) is 0 Å². The second-order valence-corrected chi connectivity index (χ2v) is 8.81. The Morgan fingerprint density at radius 1 is 1.26 bits per heavy atom. The van der Waals surface area contributed by atoms with Crippen LogP contribution in [0.1, 0.15) is 78.5 Å². The SMILES string of the molecule is CC(C)N(Cc1ccc(C2CC2)cn1)C(=O)c1cc2c3c(c(N)nc2cn1)[C@H](C)OC3. The molecule has 3 aromatic rings. The topological polar surface area (TPSA) is 94.2 Å². The zero-order valence-electron chi connectivity index (χ0n) is 18.1. The standard InChI is InChI=1S/C24H27N5O2/c1-13(2)29(11-17-7-6-16(9-26-17)15-4-5-15)24(30)20-8-18-19-12-31-14(3)22(19)23(25)28-21(18)10-27-20/h6-10,13-15H,4-5,11-12H2,1-3H3,(H2,25,28)/t14-/m0/s1. The normalized spacial score (nSPS) is 17.9. The molecule has 0 bridgehead atoms. The average Bonchev–Trinajstić information content (AvgIpc) is 3.53. The fourth-order valence-corrected chi connectivity index (χ4v) is 4.28. The van der Waals surface area contributed by atoms with Crippen LogP contribution in [0.25, 0.3) is 10.9 Å². The summed E-state index contributed by atoms with van der Waals surface area (Å²) >= 11 is 0. The number of carbonyl (C=O) groups is 1. The third-order valence-electron chi connectivity index (χ3n) is 6.27. The highest BCUT2D eigenvalue weighted by atomic mass is 16.5. The molecule has 160 valence electrons. The van der Waals surface area contributed by atoms with Crippen LogP contribution in [0, 0.1) is 0 Å². The van der Waals surface area contributed by atoms with Crippen LogP contribution in [0.3, 0.4) is 0 Å². The number of nitrogen functional groups attached to an aromatic ring is 1. The van der Waals surface area contributed by atoms with E-state index in [0.717, 1.165) is 22.2 Å². The van der Waals surface area contributed by atoms with Gasteiger partial charge in [-0.05, 0) is 62.8 Å². The van der Waals surface area contributed by atoms with E-state index >= 15 is 0 Å². The molecule has 7 heteroatoms. The predicted octanol–water partition coefficient (Wildman–Crippen LogP) is 4.13. The van der Waals surface area contributed by atoms with E-state index in [1.54, 1.807) is 11.1 Å². The number of ether oxygens (including phenoxy) is 1. The summed E-state index contributed by atoms with van der Waals surface area (Å²) in [5, 5.41) is 0.877. The van der Waals surface area contributed by atoms with Crippen LogP contribution in [0.4, 0.5) is 5.82 Å². The highest BCUT2D eigenvalue weighted by Gasteiger charge is 2.28. The molecule has 0 aromatic carbocycles. The van der Waals surface area contributed by atoms with Crippen molar-refractivity contribution in [1.29, 1.82) is 0 Å². The Balaban J connectivity index is 1.45. The molecular weight excluding hydrogens is 390 g/mol. The van der Waals surface area contributed by atoms with Gasteiger partial charge < -0.3 is 15.4 Å². The van der Waals surface area contributed by atoms with Gasteiger partial charge in [0.1, 0.15) is 11.5 Å². The molecule has 1 fully saturated rings. The summed E-state index contributed by atoms with van der Waals surface area (Å²) in [7, 11) is 0. The minimum absolute atomic E-state index is 0.00789. The number of nitrogens with two attached hydrogens (primary N) is 1. The van der Waals surface area contributed by atoms with Crippen LogP contribution in [-0.4, -0.2) is 31.8 Å². The Morgan fingerprint density at radius 3 is 2.74 bits per heavy atom. The van der Waals surface area contributed by atoms with Gasteiger partial charge in [-0.25, -0.2) is 9.97 Å². The van der Waals surface area contributed by atoms with Gasteiger partial charge in [0, 0.05) is 23.2 Å². The molecule has 0 saturated heterocycles. The highest BCUT2D eigenvalue weighted by Crippen LogP contribution is 2.40. The lowest BCUT2D eigenvalue weighted by Crippen LogP contribution is -2.37. The third-order valence-corrected chi connectivity index (χ3v) is 6.27. The fraction of sp³-hybridized carbons (Fsp3) is 0.417. The van der Waals surface area contributed by atoms with Crippen molar-refractivity contribution in [3.63, 3.8) is 0 Å². The Labute approximate surface area is 181 Å². The van der Waals surface area contributed by atoms with Gasteiger partial charge in [-0.1, -0.05) is 6.07 Å². The molecule has 0 unspecified atom stereocenters. The van der Waals surface area contributed by atoms with Gasteiger partial charge in [-0.2, -0.15) is 0 Å². The molecule has 1 atom stereocenters. The molecule has 7 nitrogen and oxygen atoms in total. The van der Waals surface area contributed by atoms with Gasteiger partial charge in [0.2, 0.25) is 0 Å². The summed E-state index contributed by atoms with van der Waals surface area (Å²) in [5.74, 6) is 1.02. The number of hydrogen-bond acceptors (Lipinski definition) is 6. The van der Waals surface area contributed by atoms with Crippen molar-refractivity contribution in [2.45, 2.75) is 64.8 Å². The smallest absolute Gasteiger partial charge is 0.273 e. The molecule has 0 radical (unpaired) electrons. The third kappa shape index (κ3) is 3.63. The summed E-state index contributed by atoms with van der Waals surface area (Å²) in [6.45, 7) is 6.88. The van der Waals surface area contributed by atoms with E-state index in [0.29, 0.717) is 36.1 Å². The molecule has 1 aliphatic heterocycles. The monoisotopic (exact) mass is 417 g/mol. The molecule has 1 aliphatic carbocycles. The molecule has 5 rings (SSSR count). The minimum Gasteiger partial charge on any atom is -0.383 e. The Hall–Kier alpha value is -3.06. The lowest BCUT2D eigenvalue weighted by Gasteiger charge is -2.26. The first kappa shape index (κ1) is 19.9. The summed E-state index contributed by atoms with van der Waals surface area (Å²) < 4.78 is 5.76. The van der Waals surface area contributed by atoms with Crippen molar-refractivity contribution in [1.82, 2.24) is 19.9 Å². The number of pyridine rings is 3. The predicted molar refractivity (Wildman–Crippen MR) is 118 cm³/mol. The lowest BCUT2D eigenvalue weighted by molar-refractivity contribution is 0.0681. The molecule has 31 heavy (non-hydrogen) atoms. The summed E-state index contributed by atoms with van der Waals surface area (Å²) in [6.07, 6.45) is 5.98. The number of fused-ring (bicyclic) bond motifs is 3. The van der Waals surface area contributed by atoms with Crippen LogP contribution in [-0.2, 0) is 17.9 Å². The van der Waals surface area contributed by atoms with Crippen molar-refractivity contribution in [3.05, 3.63) is 58.7 Å². The molecule has 1 amide bonds. The van der Waals surface area contributed by atoms with Crippen LogP contribution in [0.15, 0.2) is 30.6 Å². The highest BCUT2D eigenvalue weighted by molar-refractivity contribution is 5.97. The van der Waals surface area contributed by atoms with Gasteiger partial charge in [0.05, 0.1) is 36.7 Å². The summed E-state index contributed by atoms with van der Waals surface area (Å²) in [4.78, 5) is 28.7. The van der Waals surface area contributed by atoms with E-state index in [2.05, 4.69) is 21.0 Å². The summed E-state index contributed by atoms with van der Waals surface area (Å²) in [5.41, 5.74) is 11.3. The van der Waals surface area contributed by atoms with Crippen LogP contribution >= 0.6 is 0 Å². The molecule has 3 aromatic heterocycles. The first-order valence-electron chi connectivity index (χ1n) is 10.9. The number of nitrogens with zero attached hydrogens (tertiary/aromatic N) is 4. The zero-order chi connectivity index (χ0) is 21.7. The quantitative estimate of drug-likeness (QED) is 0.671. The fourth-order valence-electron chi connectivity index (χ4n) is 4.28. The maximum absolute atomic E-state index is 13.4. The van der Waals surface area contributed by atoms with E-state index in [9.17, 15) is 4.79 Å². The number of aromatic nitrogens is 3. The van der Waals surface area contributed by atoms with Crippen molar-refractivity contribution >= 4 is 22.6 Å². The number of hydrogen-bond donors (Lipinski definition) is 1. The second-order valence-electron chi connectivity index (χ2n) is 8.81. The van der Waals surface area contributed by atoms with Gasteiger partial charge in [0.25, 0.3) is 5.91 Å². The number of anilines is 1. The molecular formula is C24H27N5O2. The van der Waals surface area contributed by atoms with E-state index in [1.165, 1.54) is 18.4 Å². The second kappa shape index (κ2) is 7.57. The molecule has 2 aliphatic rings. The largest absolute Gasteiger partial charge is 0.383 e. The van der Waals surface area contributed by atoms with Gasteiger partial charge in [0.15, 0.2) is 0 Å². The minimum atomic E-state index is -0.123. The van der Waals surface area contributed by atoms with E-state index in [-0.39, 0.29) is 18.1 Å². The molecule has 0 spiro atoms. The zero-order valence-corrected chi connectivity index (χ0v) is 18.1. The Morgan fingerprint density at radius 2 is 2.06 bits per heavy atom. The Bertz CT molecular complexity index is 1150.